The summed E-state index contributed by atoms with van der Waals surface area (Å²) in [5.74, 6) is 0. The molecule has 0 rings (SSSR count). The summed E-state index contributed by atoms with van der Waals surface area (Å²) in [7, 11) is 0. The van der Waals surface area contributed by atoms with Crippen LogP contribution in [0.15, 0.2) is 24.5 Å². The van der Waals surface area contributed by atoms with E-state index in [1.54, 1.807) is 0 Å². The normalized spacial score (nSPS) is 13.2. The van der Waals surface area contributed by atoms with Crippen LogP contribution in [0.2, 0.25) is 0 Å². The minimum absolute atomic E-state index is 0.507. The van der Waals surface area contributed by atoms with Crippen LogP contribution in [0.25, 0.3) is 0 Å². The molecule has 0 fully saturated rings. The van der Waals surface area contributed by atoms with E-state index in [1.165, 1.54) is 76.7 Å². The Labute approximate surface area is 143 Å². The largest absolute Gasteiger partial charge is 0.389 e. The zero-order valence-corrected chi connectivity index (χ0v) is 15.1. The Bertz CT molecular complexity index is 274. The third-order valence-electron chi connectivity index (χ3n) is 4.12. The van der Waals surface area contributed by atoms with Crippen molar-refractivity contribution in [2.45, 2.75) is 103 Å². The Hall–Kier alpha value is -0.800. The second-order valence-corrected chi connectivity index (χ2v) is 6.37. The van der Waals surface area contributed by atoms with Gasteiger partial charge in [0.2, 0.25) is 0 Å². The maximum Gasteiger partial charge on any atom is 0.127 e. The molecular formula is C20H38O3. The van der Waals surface area contributed by atoms with E-state index in [0.29, 0.717) is 0 Å². The highest BCUT2D eigenvalue weighted by molar-refractivity contribution is 4.82. The zero-order valence-electron chi connectivity index (χ0n) is 15.1. The van der Waals surface area contributed by atoms with Crippen molar-refractivity contribution in [2.75, 3.05) is 0 Å². The Morgan fingerprint density at radius 1 is 0.783 bits per heavy atom. The van der Waals surface area contributed by atoms with Crippen LogP contribution in [-0.2, 0) is 4.89 Å². The summed E-state index contributed by atoms with van der Waals surface area (Å²) in [6.45, 7) is 2.26. The van der Waals surface area contributed by atoms with Crippen molar-refractivity contribution in [3.05, 3.63) is 24.5 Å². The maximum atomic E-state index is 9.50. The summed E-state index contributed by atoms with van der Waals surface area (Å²) in [5.41, 5.74) is 0. The molecule has 0 saturated heterocycles. The smallest absolute Gasteiger partial charge is 0.127 e. The van der Waals surface area contributed by atoms with Gasteiger partial charge in [-0.3, -0.25) is 0 Å². The van der Waals surface area contributed by atoms with E-state index in [0.717, 1.165) is 25.5 Å². The molecule has 0 heterocycles. The average Bonchev–Trinajstić information content (AvgIpc) is 2.56. The summed E-state index contributed by atoms with van der Waals surface area (Å²) in [5, 5.41) is 17.6. The van der Waals surface area contributed by atoms with E-state index in [-0.39, 0.29) is 0 Å². The maximum absolute atomic E-state index is 9.50. The van der Waals surface area contributed by atoms with Gasteiger partial charge in [-0.25, -0.2) is 5.26 Å². The van der Waals surface area contributed by atoms with Gasteiger partial charge in [0.15, 0.2) is 0 Å². The van der Waals surface area contributed by atoms with Gasteiger partial charge in [0.1, 0.15) is 6.26 Å². The molecule has 0 aromatic rings. The molecular weight excluding hydrogens is 288 g/mol. The average molecular weight is 327 g/mol. The molecule has 0 aromatic carbocycles. The minimum Gasteiger partial charge on any atom is -0.389 e. The molecule has 0 amide bonds. The Balaban J connectivity index is 3.17. The lowest BCUT2D eigenvalue weighted by molar-refractivity contribution is -0.187. The van der Waals surface area contributed by atoms with Crippen LogP contribution >= 0.6 is 0 Å². The Morgan fingerprint density at radius 2 is 1.30 bits per heavy atom. The molecule has 23 heavy (non-hydrogen) atoms. The van der Waals surface area contributed by atoms with Gasteiger partial charge in [-0.1, -0.05) is 76.9 Å². The molecule has 0 aliphatic carbocycles. The quantitative estimate of drug-likeness (QED) is 0.107. The summed E-state index contributed by atoms with van der Waals surface area (Å²) in [4.78, 5) is 3.79. The molecule has 0 bridgehead atoms. The highest BCUT2D eigenvalue weighted by Crippen LogP contribution is 2.11. The van der Waals surface area contributed by atoms with Gasteiger partial charge in [-0.15, -0.1) is 0 Å². The fraction of sp³-hybridized carbons (Fsp3) is 0.800. The van der Waals surface area contributed by atoms with Gasteiger partial charge in [0.25, 0.3) is 0 Å². The van der Waals surface area contributed by atoms with E-state index in [1.807, 2.05) is 0 Å². The van der Waals surface area contributed by atoms with Gasteiger partial charge in [0.05, 0.1) is 6.10 Å². The van der Waals surface area contributed by atoms with Gasteiger partial charge < -0.3 is 9.99 Å². The second-order valence-electron chi connectivity index (χ2n) is 6.37. The molecule has 1 unspecified atom stereocenters. The van der Waals surface area contributed by atoms with Crippen LogP contribution in [0.3, 0.4) is 0 Å². The van der Waals surface area contributed by atoms with Gasteiger partial charge >= 0.3 is 0 Å². The van der Waals surface area contributed by atoms with Crippen molar-refractivity contribution in [3.8, 4) is 0 Å². The summed E-state index contributed by atoms with van der Waals surface area (Å²) in [6, 6.07) is 0. The SMILES string of the molecule is CCCCCCCC/C=C\CCCCCCCC(O)C=COO. The molecule has 1 atom stereocenters. The van der Waals surface area contributed by atoms with Crippen LogP contribution in [0, 0.1) is 0 Å². The monoisotopic (exact) mass is 326 g/mol. The number of aliphatic hydroxyl groups is 1. The third kappa shape index (κ3) is 19.2. The molecule has 3 heteroatoms. The predicted molar refractivity (Wildman–Crippen MR) is 98.3 cm³/mol. The number of hydrogen-bond acceptors (Lipinski definition) is 3. The molecule has 0 saturated carbocycles. The van der Waals surface area contributed by atoms with E-state index in [4.69, 9.17) is 5.26 Å². The molecule has 0 spiro atoms. The Kier molecular flexibility index (Phi) is 18.6. The molecule has 136 valence electrons. The van der Waals surface area contributed by atoms with Crippen LogP contribution < -0.4 is 0 Å². The fourth-order valence-electron chi connectivity index (χ4n) is 2.65. The van der Waals surface area contributed by atoms with E-state index >= 15 is 0 Å². The van der Waals surface area contributed by atoms with Crippen LogP contribution in [-0.4, -0.2) is 16.5 Å². The lowest BCUT2D eigenvalue weighted by Gasteiger charge is -2.04. The molecule has 3 nitrogen and oxygen atoms in total. The first kappa shape index (κ1) is 22.2. The minimum atomic E-state index is -0.507. The van der Waals surface area contributed by atoms with E-state index in [9.17, 15) is 5.11 Å². The standard InChI is InChI=1S/C20H38O3/c1-2-3-4-5-6-7-8-9-10-11-12-13-14-15-16-17-20(21)18-19-23-22/h9-10,18-22H,2-8,11-17H2,1H3/b10-9-,19-18?. The zero-order chi connectivity index (χ0) is 17.0. The fourth-order valence-corrected chi connectivity index (χ4v) is 2.65. The lowest BCUT2D eigenvalue weighted by atomic mass is 10.1. The summed E-state index contributed by atoms with van der Waals surface area (Å²) in [6.07, 6.45) is 24.2. The third-order valence-corrected chi connectivity index (χ3v) is 4.12. The number of unbranched alkanes of at least 4 members (excludes halogenated alkanes) is 11. The number of aliphatic hydroxyl groups excluding tert-OH is 1. The van der Waals surface area contributed by atoms with Crippen molar-refractivity contribution in [1.82, 2.24) is 0 Å². The molecule has 0 radical (unpaired) electrons. The van der Waals surface area contributed by atoms with E-state index in [2.05, 4.69) is 24.0 Å². The first-order valence-corrected chi connectivity index (χ1v) is 9.61. The van der Waals surface area contributed by atoms with Crippen LogP contribution in [0.4, 0.5) is 0 Å². The van der Waals surface area contributed by atoms with Crippen molar-refractivity contribution >= 4 is 0 Å². The first-order valence-electron chi connectivity index (χ1n) is 9.61. The molecule has 2 N–H and O–H groups in total. The van der Waals surface area contributed by atoms with Crippen LogP contribution in [0.1, 0.15) is 96.8 Å². The van der Waals surface area contributed by atoms with Crippen LogP contribution in [0.5, 0.6) is 0 Å². The summed E-state index contributed by atoms with van der Waals surface area (Å²) >= 11 is 0. The summed E-state index contributed by atoms with van der Waals surface area (Å²) < 4.78 is 0. The number of rotatable bonds is 17. The molecule has 0 aliphatic rings. The van der Waals surface area contributed by atoms with Gasteiger partial charge in [-0.2, -0.15) is 0 Å². The van der Waals surface area contributed by atoms with Crippen molar-refractivity contribution in [3.63, 3.8) is 0 Å². The molecule has 0 aliphatic heterocycles. The number of hydrogen-bond donors (Lipinski definition) is 2. The number of allylic oxidation sites excluding steroid dienone is 2. The van der Waals surface area contributed by atoms with Crippen molar-refractivity contribution in [1.29, 1.82) is 0 Å². The predicted octanol–water partition coefficient (Wildman–Crippen LogP) is 6.39. The van der Waals surface area contributed by atoms with Crippen molar-refractivity contribution in [2.24, 2.45) is 0 Å². The van der Waals surface area contributed by atoms with Gasteiger partial charge in [-0.05, 0) is 38.2 Å². The Morgan fingerprint density at radius 3 is 1.87 bits per heavy atom. The topological polar surface area (TPSA) is 49.7 Å². The first-order chi connectivity index (χ1) is 11.3. The van der Waals surface area contributed by atoms with E-state index < -0.39 is 6.10 Å². The highest BCUT2D eigenvalue weighted by Gasteiger charge is 1.98. The highest BCUT2D eigenvalue weighted by atomic mass is 17.1. The second kappa shape index (κ2) is 19.2. The van der Waals surface area contributed by atoms with Gasteiger partial charge in [0, 0.05) is 0 Å². The van der Waals surface area contributed by atoms with Crippen molar-refractivity contribution < 1.29 is 15.3 Å². The lowest BCUT2D eigenvalue weighted by Crippen LogP contribution is -2.01. The molecule has 0 aromatic heterocycles.